The van der Waals surface area contributed by atoms with Gasteiger partial charge in [0, 0.05) is 5.69 Å². The zero-order chi connectivity index (χ0) is 21.0. The molecule has 0 saturated heterocycles. The lowest BCUT2D eigenvalue weighted by atomic mass is 10.2. The van der Waals surface area contributed by atoms with Gasteiger partial charge in [-0.1, -0.05) is 16.9 Å². The summed E-state index contributed by atoms with van der Waals surface area (Å²) in [6.07, 6.45) is 1.61. The van der Waals surface area contributed by atoms with Gasteiger partial charge < -0.3 is 19.0 Å². The van der Waals surface area contributed by atoms with Crippen molar-refractivity contribution in [1.82, 2.24) is 14.8 Å². The maximum atomic E-state index is 12.6. The highest BCUT2D eigenvalue weighted by Crippen LogP contribution is 2.30. The Kier molecular flexibility index (Phi) is 6.61. The molecule has 0 radical (unpaired) electrons. The summed E-state index contributed by atoms with van der Waals surface area (Å²) in [5.74, 6) is 1.13. The molecular weight excluding hydrogens is 410 g/mol. The minimum absolute atomic E-state index is 0.0157. The van der Waals surface area contributed by atoms with Crippen LogP contribution >= 0.6 is 23.1 Å². The molecule has 29 heavy (non-hydrogen) atoms. The summed E-state index contributed by atoms with van der Waals surface area (Å²) < 4.78 is 13.4. The molecule has 0 saturated carbocycles. The third kappa shape index (κ3) is 4.99. The molecular formula is C19H21N5O3S2. The number of carbonyl (C=O) groups excluding carboxylic acids is 1. The average molecular weight is 432 g/mol. The van der Waals surface area contributed by atoms with Crippen molar-refractivity contribution < 1.29 is 13.9 Å². The van der Waals surface area contributed by atoms with E-state index >= 15 is 0 Å². The van der Waals surface area contributed by atoms with Gasteiger partial charge in [-0.15, -0.1) is 5.10 Å². The third-order valence-electron chi connectivity index (χ3n) is 4.14. The van der Waals surface area contributed by atoms with E-state index in [1.807, 2.05) is 38.3 Å². The minimum atomic E-state index is -0.230. The largest absolute Gasteiger partial charge is 0.467 e. The second kappa shape index (κ2) is 9.15. The summed E-state index contributed by atoms with van der Waals surface area (Å²) in [7, 11) is 0. The number of hydrogen-bond donors (Lipinski definition) is 1. The summed E-state index contributed by atoms with van der Waals surface area (Å²) in [5, 5.41) is 20.9. The van der Waals surface area contributed by atoms with Gasteiger partial charge in [-0.2, -0.15) is 5.26 Å². The smallest absolute Gasteiger partial charge is 0.295 e. The number of hydrogen-bond acceptors (Lipinski definition) is 8. The third-order valence-corrected chi connectivity index (χ3v) is 6.09. The summed E-state index contributed by atoms with van der Waals surface area (Å²) >= 11 is 2.57. The van der Waals surface area contributed by atoms with E-state index < -0.39 is 0 Å². The fraction of sp³-hybridized carbons (Fsp3) is 0.368. The zero-order valence-electron chi connectivity index (χ0n) is 16.6. The second-order valence-corrected chi connectivity index (χ2v) is 8.71. The van der Waals surface area contributed by atoms with Crippen LogP contribution in [0.4, 0.5) is 5.82 Å². The highest BCUT2D eigenvalue weighted by Gasteiger charge is 2.20. The molecule has 3 rings (SSSR count). The van der Waals surface area contributed by atoms with Crippen LogP contribution in [0, 0.1) is 25.2 Å². The number of ether oxygens (including phenoxy) is 1. The first-order valence-electron chi connectivity index (χ1n) is 8.94. The number of amides is 1. The van der Waals surface area contributed by atoms with Crippen molar-refractivity contribution in [2.24, 2.45) is 0 Å². The van der Waals surface area contributed by atoms with Gasteiger partial charge >= 0.3 is 0 Å². The average Bonchev–Trinajstić information content (AvgIpc) is 3.38. The molecule has 0 aliphatic rings. The molecule has 152 valence electrons. The van der Waals surface area contributed by atoms with E-state index in [0.29, 0.717) is 27.5 Å². The lowest BCUT2D eigenvalue weighted by molar-refractivity contribution is -0.113. The van der Waals surface area contributed by atoms with E-state index in [2.05, 4.69) is 21.6 Å². The lowest BCUT2D eigenvalue weighted by Gasteiger charge is -2.11. The lowest BCUT2D eigenvalue weighted by Crippen LogP contribution is -2.18. The topological polar surface area (TPSA) is 106 Å². The molecule has 0 aliphatic heterocycles. The van der Waals surface area contributed by atoms with Crippen LogP contribution in [0.15, 0.2) is 27.2 Å². The molecule has 3 heterocycles. The van der Waals surface area contributed by atoms with E-state index in [1.165, 1.54) is 23.1 Å². The number of nitriles is 1. The van der Waals surface area contributed by atoms with E-state index in [9.17, 15) is 10.1 Å². The molecule has 0 atom stereocenters. The van der Waals surface area contributed by atoms with Crippen molar-refractivity contribution in [1.29, 1.82) is 5.26 Å². The van der Waals surface area contributed by atoms with Crippen LogP contribution in [0.1, 0.15) is 36.4 Å². The molecule has 0 unspecified atom stereocenters. The van der Waals surface area contributed by atoms with E-state index in [0.717, 1.165) is 17.0 Å². The van der Waals surface area contributed by atoms with Gasteiger partial charge in [-0.3, -0.25) is 4.79 Å². The Morgan fingerprint density at radius 1 is 1.45 bits per heavy atom. The first-order valence-corrected chi connectivity index (χ1v) is 10.7. The standard InChI is InChI=1S/C19H21N5O3S2/c1-11(2)27-18-22-23-19(29-18)28-10-16(25)21-17-15(8-20)12(3)13(4)24(17)9-14-6-5-7-26-14/h5-7,11H,9-10H2,1-4H3,(H,21,25). The zero-order valence-corrected chi connectivity index (χ0v) is 18.2. The maximum absolute atomic E-state index is 12.6. The molecule has 3 aromatic heterocycles. The Morgan fingerprint density at radius 2 is 2.24 bits per heavy atom. The molecule has 3 aromatic rings. The maximum Gasteiger partial charge on any atom is 0.295 e. The van der Waals surface area contributed by atoms with Crippen molar-refractivity contribution in [3.63, 3.8) is 0 Å². The van der Waals surface area contributed by atoms with E-state index in [-0.39, 0.29) is 17.8 Å². The van der Waals surface area contributed by atoms with Crippen molar-refractivity contribution in [2.45, 2.75) is 44.7 Å². The van der Waals surface area contributed by atoms with Crippen LogP contribution in [0.3, 0.4) is 0 Å². The molecule has 8 nitrogen and oxygen atoms in total. The number of furan rings is 1. The molecule has 0 bridgehead atoms. The van der Waals surface area contributed by atoms with E-state index in [1.54, 1.807) is 12.3 Å². The Morgan fingerprint density at radius 3 is 2.90 bits per heavy atom. The van der Waals surface area contributed by atoms with Gasteiger partial charge in [0.2, 0.25) is 5.91 Å². The van der Waals surface area contributed by atoms with Gasteiger partial charge in [0.25, 0.3) is 5.19 Å². The molecule has 0 fully saturated rings. The normalized spacial score (nSPS) is 10.9. The number of aromatic nitrogens is 3. The molecule has 10 heteroatoms. The van der Waals surface area contributed by atoms with Crippen LogP contribution in [0.25, 0.3) is 0 Å². The Hall–Kier alpha value is -2.77. The molecule has 0 aromatic carbocycles. The summed E-state index contributed by atoms with van der Waals surface area (Å²) in [6.45, 7) is 8.04. The van der Waals surface area contributed by atoms with Crippen LogP contribution in [-0.4, -0.2) is 32.5 Å². The van der Waals surface area contributed by atoms with Gasteiger partial charge in [-0.25, -0.2) is 0 Å². The number of nitrogens with one attached hydrogen (secondary N) is 1. The SMILES string of the molecule is Cc1c(C#N)c(NC(=O)CSc2nnc(OC(C)C)s2)n(Cc2ccco2)c1C. The first kappa shape index (κ1) is 21.0. The molecule has 0 spiro atoms. The van der Waals surface area contributed by atoms with Crippen LogP contribution < -0.4 is 10.1 Å². The number of carbonyl (C=O) groups is 1. The van der Waals surface area contributed by atoms with Gasteiger partial charge in [0.15, 0.2) is 4.34 Å². The molecule has 1 amide bonds. The van der Waals surface area contributed by atoms with Crippen LogP contribution in [0.5, 0.6) is 5.19 Å². The second-order valence-electron chi connectivity index (χ2n) is 6.55. The minimum Gasteiger partial charge on any atom is -0.467 e. The number of thioether (sulfide) groups is 1. The number of rotatable bonds is 8. The first-order chi connectivity index (χ1) is 13.9. The van der Waals surface area contributed by atoms with Crippen LogP contribution in [-0.2, 0) is 11.3 Å². The van der Waals surface area contributed by atoms with Gasteiger partial charge in [0.05, 0.1) is 30.2 Å². The summed E-state index contributed by atoms with van der Waals surface area (Å²) in [4.78, 5) is 12.6. The Labute approximate surface area is 176 Å². The fourth-order valence-electron chi connectivity index (χ4n) is 2.69. The number of nitrogens with zero attached hydrogens (tertiary/aromatic N) is 4. The Balaban J connectivity index is 1.71. The summed E-state index contributed by atoms with van der Waals surface area (Å²) in [5.41, 5.74) is 2.19. The van der Waals surface area contributed by atoms with Crippen molar-refractivity contribution in [3.05, 3.63) is 41.0 Å². The highest BCUT2D eigenvalue weighted by atomic mass is 32.2. The van der Waals surface area contributed by atoms with Crippen molar-refractivity contribution in [3.8, 4) is 11.3 Å². The predicted molar refractivity (Wildman–Crippen MR) is 111 cm³/mol. The monoisotopic (exact) mass is 431 g/mol. The molecule has 1 N–H and O–H groups in total. The predicted octanol–water partition coefficient (Wildman–Crippen LogP) is 3.99. The van der Waals surface area contributed by atoms with Gasteiger partial charge in [0.1, 0.15) is 17.6 Å². The van der Waals surface area contributed by atoms with Crippen LogP contribution in [0.2, 0.25) is 0 Å². The van der Waals surface area contributed by atoms with Crippen molar-refractivity contribution in [2.75, 3.05) is 11.1 Å². The quantitative estimate of drug-likeness (QED) is 0.538. The van der Waals surface area contributed by atoms with Crippen molar-refractivity contribution >= 4 is 34.8 Å². The molecule has 0 aliphatic carbocycles. The fourth-order valence-corrected chi connectivity index (χ4v) is 4.29. The van der Waals surface area contributed by atoms with Gasteiger partial charge in [-0.05, 0) is 56.7 Å². The highest BCUT2D eigenvalue weighted by molar-refractivity contribution is 8.01. The number of anilines is 1. The Bertz CT molecular complexity index is 1030. The summed E-state index contributed by atoms with van der Waals surface area (Å²) in [6, 6.07) is 5.86. The van der Waals surface area contributed by atoms with E-state index in [4.69, 9.17) is 9.15 Å².